The summed E-state index contributed by atoms with van der Waals surface area (Å²) in [6, 6.07) is 11.5. The summed E-state index contributed by atoms with van der Waals surface area (Å²) in [5, 5.41) is 2.88. The molecule has 4 rings (SSSR count). The average Bonchev–Trinajstić information content (AvgIpc) is 3.26. The van der Waals surface area contributed by atoms with Gasteiger partial charge in [0.05, 0.1) is 12.1 Å². The predicted octanol–water partition coefficient (Wildman–Crippen LogP) is 2.09. The van der Waals surface area contributed by atoms with Gasteiger partial charge in [0.2, 0.25) is 12.7 Å². The van der Waals surface area contributed by atoms with E-state index in [1.165, 1.54) is 18.2 Å². The molecule has 2 aromatic carbocycles. The van der Waals surface area contributed by atoms with Crippen LogP contribution in [0.15, 0.2) is 42.5 Å². The molecule has 1 N–H and O–H groups in total. The first-order chi connectivity index (χ1) is 15.5. The van der Waals surface area contributed by atoms with E-state index in [-0.39, 0.29) is 36.5 Å². The lowest BCUT2D eigenvalue weighted by Gasteiger charge is -2.34. The summed E-state index contributed by atoms with van der Waals surface area (Å²) in [6.07, 6.45) is 0. The second kappa shape index (κ2) is 9.82. The molecule has 1 saturated heterocycles. The molecule has 0 bridgehead atoms. The summed E-state index contributed by atoms with van der Waals surface area (Å²) >= 11 is 0. The van der Waals surface area contributed by atoms with E-state index >= 15 is 0 Å². The number of benzene rings is 2. The number of carbonyl (C=O) groups is 2. The summed E-state index contributed by atoms with van der Waals surface area (Å²) in [7, 11) is 0. The Balaban J connectivity index is 1.24. The Morgan fingerprint density at radius 2 is 1.78 bits per heavy atom. The highest BCUT2D eigenvalue weighted by Gasteiger charge is 2.26. The molecule has 2 aliphatic rings. The Bertz CT molecular complexity index is 980. The van der Waals surface area contributed by atoms with Gasteiger partial charge in [-0.2, -0.15) is 8.78 Å². The molecular weight excluding hydrogens is 424 g/mol. The molecule has 0 saturated carbocycles. The highest BCUT2D eigenvalue weighted by Crippen LogP contribution is 2.32. The van der Waals surface area contributed by atoms with Crippen molar-refractivity contribution < 1.29 is 32.6 Å². The third-order valence-electron chi connectivity index (χ3n) is 5.29. The second-order valence-electron chi connectivity index (χ2n) is 7.41. The molecule has 10 heteroatoms. The van der Waals surface area contributed by atoms with E-state index in [0.717, 1.165) is 5.56 Å². The molecule has 2 amide bonds. The molecular formula is C22H23F2N3O5. The molecule has 0 aromatic heterocycles. The van der Waals surface area contributed by atoms with Gasteiger partial charge in [0.1, 0.15) is 5.75 Å². The van der Waals surface area contributed by atoms with Gasteiger partial charge in [-0.1, -0.05) is 18.2 Å². The van der Waals surface area contributed by atoms with Crippen molar-refractivity contribution in [1.82, 2.24) is 15.1 Å². The largest absolute Gasteiger partial charge is 0.454 e. The van der Waals surface area contributed by atoms with Crippen LogP contribution in [0.2, 0.25) is 0 Å². The highest BCUT2D eigenvalue weighted by molar-refractivity contribution is 5.97. The normalized spacial score (nSPS) is 15.7. The van der Waals surface area contributed by atoms with Crippen molar-refractivity contribution in [3.63, 3.8) is 0 Å². The van der Waals surface area contributed by atoms with Crippen LogP contribution in [0, 0.1) is 0 Å². The lowest BCUT2D eigenvalue weighted by Crippen LogP contribution is -2.51. The third kappa shape index (κ3) is 5.25. The Labute approximate surface area is 183 Å². The molecule has 170 valence electrons. The van der Waals surface area contributed by atoms with Gasteiger partial charge < -0.3 is 24.4 Å². The van der Waals surface area contributed by atoms with Gasteiger partial charge in [0, 0.05) is 32.7 Å². The van der Waals surface area contributed by atoms with Gasteiger partial charge in [-0.05, 0) is 29.8 Å². The van der Waals surface area contributed by atoms with Gasteiger partial charge in [-0.15, -0.1) is 0 Å². The molecule has 2 heterocycles. The number of para-hydroxylation sites is 1. The maximum atomic E-state index is 12.8. The van der Waals surface area contributed by atoms with Crippen LogP contribution < -0.4 is 19.5 Å². The van der Waals surface area contributed by atoms with Gasteiger partial charge >= 0.3 is 6.61 Å². The number of nitrogens with zero attached hydrogens (tertiary/aromatic N) is 2. The van der Waals surface area contributed by atoms with Crippen molar-refractivity contribution in [3.8, 4) is 17.2 Å². The zero-order valence-electron chi connectivity index (χ0n) is 17.3. The Morgan fingerprint density at radius 1 is 1.03 bits per heavy atom. The molecule has 0 radical (unpaired) electrons. The molecule has 0 aliphatic carbocycles. The number of hydrogen-bond donors (Lipinski definition) is 1. The summed E-state index contributed by atoms with van der Waals surface area (Å²) in [5.41, 5.74) is 1.01. The minimum atomic E-state index is -3.00. The average molecular weight is 447 g/mol. The summed E-state index contributed by atoms with van der Waals surface area (Å²) in [5.74, 6) is 0.720. The Kier molecular flexibility index (Phi) is 6.69. The number of nitrogens with one attached hydrogen (secondary N) is 1. The van der Waals surface area contributed by atoms with Gasteiger partial charge in [-0.25, -0.2) is 0 Å². The number of alkyl halides is 2. The van der Waals surface area contributed by atoms with Crippen LogP contribution in [0.25, 0.3) is 0 Å². The molecule has 2 aromatic rings. The summed E-state index contributed by atoms with van der Waals surface area (Å²) < 4.78 is 40.3. The lowest BCUT2D eigenvalue weighted by molar-refractivity contribution is -0.122. The molecule has 1 fully saturated rings. The molecule has 0 spiro atoms. The van der Waals surface area contributed by atoms with Crippen LogP contribution in [0.5, 0.6) is 17.2 Å². The third-order valence-corrected chi connectivity index (χ3v) is 5.29. The van der Waals surface area contributed by atoms with Crippen molar-refractivity contribution >= 4 is 11.8 Å². The first-order valence-electron chi connectivity index (χ1n) is 10.2. The Hall–Kier alpha value is -3.40. The van der Waals surface area contributed by atoms with E-state index in [1.54, 1.807) is 11.0 Å². The van der Waals surface area contributed by atoms with E-state index in [2.05, 4.69) is 10.1 Å². The fourth-order valence-corrected chi connectivity index (χ4v) is 3.63. The van der Waals surface area contributed by atoms with Crippen LogP contribution in [0.3, 0.4) is 0 Å². The van der Waals surface area contributed by atoms with Crippen LogP contribution in [-0.4, -0.2) is 67.7 Å². The molecule has 0 atom stereocenters. The second-order valence-corrected chi connectivity index (χ2v) is 7.41. The number of fused-ring (bicyclic) bond motifs is 1. The van der Waals surface area contributed by atoms with Crippen LogP contribution in [0.1, 0.15) is 15.9 Å². The zero-order chi connectivity index (χ0) is 22.5. The fraction of sp³-hybridized carbons (Fsp3) is 0.364. The van der Waals surface area contributed by atoms with Gasteiger partial charge in [0.15, 0.2) is 11.5 Å². The maximum absolute atomic E-state index is 12.8. The summed E-state index contributed by atoms with van der Waals surface area (Å²) in [6.45, 7) is -0.454. The number of carbonyl (C=O) groups excluding carboxylic acids is 2. The van der Waals surface area contributed by atoms with Crippen LogP contribution in [-0.2, 0) is 11.3 Å². The smallest absolute Gasteiger partial charge is 0.387 e. The van der Waals surface area contributed by atoms with E-state index in [1.807, 2.05) is 23.1 Å². The number of rotatable bonds is 7. The van der Waals surface area contributed by atoms with Crippen molar-refractivity contribution in [2.45, 2.75) is 13.2 Å². The van der Waals surface area contributed by atoms with Crippen molar-refractivity contribution in [1.29, 1.82) is 0 Å². The number of piperazine rings is 1. The molecule has 2 aliphatic heterocycles. The standard InChI is InChI=1S/C22H23F2N3O5/c23-22(24)32-17-4-2-1-3-16(17)21(29)27-9-7-26(8-10-27)13-20(28)25-12-15-5-6-18-19(11-15)31-14-30-18/h1-6,11,22H,7-10,12-14H2,(H,25,28). The van der Waals surface area contributed by atoms with Gasteiger partial charge in [-0.3, -0.25) is 14.5 Å². The van der Waals surface area contributed by atoms with Gasteiger partial charge in [0.25, 0.3) is 5.91 Å². The Morgan fingerprint density at radius 3 is 2.56 bits per heavy atom. The van der Waals surface area contributed by atoms with E-state index in [4.69, 9.17) is 9.47 Å². The molecule has 32 heavy (non-hydrogen) atoms. The van der Waals surface area contributed by atoms with Crippen molar-refractivity contribution in [2.24, 2.45) is 0 Å². The lowest BCUT2D eigenvalue weighted by atomic mass is 10.1. The molecule has 8 nitrogen and oxygen atoms in total. The number of halogens is 2. The first kappa shape index (κ1) is 21.8. The fourth-order valence-electron chi connectivity index (χ4n) is 3.63. The molecule has 0 unspecified atom stereocenters. The predicted molar refractivity (Wildman–Crippen MR) is 110 cm³/mol. The summed E-state index contributed by atoms with van der Waals surface area (Å²) in [4.78, 5) is 28.6. The SMILES string of the molecule is O=C(CN1CCN(C(=O)c2ccccc2OC(F)F)CC1)NCc1ccc2c(c1)OCO2. The first-order valence-corrected chi connectivity index (χ1v) is 10.2. The maximum Gasteiger partial charge on any atom is 0.387 e. The van der Waals surface area contributed by atoms with Crippen molar-refractivity contribution in [3.05, 3.63) is 53.6 Å². The highest BCUT2D eigenvalue weighted by atomic mass is 19.3. The van der Waals surface area contributed by atoms with E-state index in [0.29, 0.717) is 44.2 Å². The van der Waals surface area contributed by atoms with Crippen LogP contribution >= 0.6 is 0 Å². The topological polar surface area (TPSA) is 80.3 Å². The minimum Gasteiger partial charge on any atom is -0.454 e. The monoisotopic (exact) mass is 447 g/mol. The van der Waals surface area contributed by atoms with E-state index < -0.39 is 6.61 Å². The minimum absolute atomic E-state index is 0.0997. The van der Waals surface area contributed by atoms with Crippen LogP contribution in [0.4, 0.5) is 8.78 Å². The number of hydrogen-bond acceptors (Lipinski definition) is 6. The zero-order valence-corrected chi connectivity index (χ0v) is 17.3. The number of ether oxygens (including phenoxy) is 3. The quantitative estimate of drug-likeness (QED) is 0.700. The number of amides is 2. The van der Waals surface area contributed by atoms with E-state index in [9.17, 15) is 18.4 Å². The van der Waals surface area contributed by atoms with Crippen molar-refractivity contribution in [2.75, 3.05) is 39.5 Å².